The predicted octanol–water partition coefficient (Wildman–Crippen LogP) is 0.546. The highest BCUT2D eigenvalue weighted by molar-refractivity contribution is 5.61. The number of benzene rings is 1. The first-order valence-corrected chi connectivity index (χ1v) is 5.10. The van der Waals surface area contributed by atoms with Crippen molar-refractivity contribution in [2.24, 2.45) is 0 Å². The Bertz CT molecular complexity index is 564. The van der Waals surface area contributed by atoms with Gasteiger partial charge in [-0.2, -0.15) is 4.98 Å². The third kappa shape index (κ3) is 2.54. The number of aromatic amines is 1. The minimum Gasteiger partial charge on any atom is -0.382 e. The predicted molar refractivity (Wildman–Crippen MR) is 67.5 cm³/mol. The molecule has 0 amide bonds. The van der Waals surface area contributed by atoms with Crippen LogP contribution in [0.4, 0.5) is 17.5 Å². The normalized spacial score (nSPS) is 10.1. The number of hydrogen-bond acceptors (Lipinski definition) is 5. The van der Waals surface area contributed by atoms with Crippen molar-refractivity contribution in [1.29, 1.82) is 0 Å². The highest BCUT2D eigenvalue weighted by Crippen LogP contribution is 2.11. The van der Waals surface area contributed by atoms with E-state index in [2.05, 4.69) is 15.3 Å². The molecular weight excluding hydrogens is 218 g/mol. The van der Waals surface area contributed by atoms with Gasteiger partial charge in [-0.15, -0.1) is 0 Å². The maximum absolute atomic E-state index is 11.6. The number of nitrogen functional groups attached to an aromatic ring is 2. The standard InChI is InChI=1S/C11H13N5O/c12-9-8(10(17)16-11(13)15-9)14-6-7-4-2-1-3-5-7/h1-5,14H,6H2,(H5,12,13,15,16,17). The molecule has 6 nitrogen and oxygen atoms in total. The van der Waals surface area contributed by atoms with Gasteiger partial charge in [-0.05, 0) is 5.56 Å². The van der Waals surface area contributed by atoms with Gasteiger partial charge in [0.15, 0.2) is 5.82 Å². The zero-order chi connectivity index (χ0) is 12.3. The average molecular weight is 231 g/mol. The van der Waals surface area contributed by atoms with E-state index in [0.717, 1.165) is 5.56 Å². The van der Waals surface area contributed by atoms with E-state index in [9.17, 15) is 4.79 Å². The van der Waals surface area contributed by atoms with Crippen molar-refractivity contribution in [3.63, 3.8) is 0 Å². The molecule has 1 aromatic carbocycles. The Morgan fingerprint density at radius 3 is 2.59 bits per heavy atom. The van der Waals surface area contributed by atoms with Crippen LogP contribution in [0.15, 0.2) is 35.1 Å². The van der Waals surface area contributed by atoms with E-state index in [0.29, 0.717) is 6.54 Å². The summed E-state index contributed by atoms with van der Waals surface area (Å²) >= 11 is 0. The summed E-state index contributed by atoms with van der Waals surface area (Å²) in [5, 5.41) is 2.94. The van der Waals surface area contributed by atoms with Crippen LogP contribution < -0.4 is 22.3 Å². The minimum atomic E-state index is -0.370. The molecule has 1 aromatic heterocycles. The average Bonchev–Trinajstić information content (AvgIpc) is 2.29. The SMILES string of the molecule is Nc1nc(N)c(NCc2ccccc2)c(=O)[nH]1. The van der Waals surface area contributed by atoms with E-state index in [1.807, 2.05) is 30.3 Å². The Hall–Kier alpha value is -2.50. The summed E-state index contributed by atoms with van der Waals surface area (Å²) in [5.74, 6) is 0.111. The molecule has 0 saturated heterocycles. The van der Waals surface area contributed by atoms with Crippen molar-refractivity contribution in [2.45, 2.75) is 6.54 Å². The molecule has 0 bridgehead atoms. The molecule has 0 saturated carbocycles. The molecule has 0 atom stereocenters. The van der Waals surface area contributed by atoms with Gasteiger partial charge in [0, 0.05) is 6.54 Å². The number of aromatic nitrogens is 2. The smallest absolute Gasteiger partial charge is 0.277 e. The number of nitrogens with zero attached hydrogens (tertiary/aromatic N) is 1. The quantitative estimate of drug-likeness (QED) is 0.616. The lowest BCUT2D eigenvalue weighted by atomic mass is 10.2. The van der Waals surface area contributed by atoms with Gasteiger partial charge < -0.3 is 16.8 Å². The van der Waals surface area contributed by atoms with Crippen LogP contribution in [0.1, 0.15) is 5.56 Å². The fourth-order valence-corrected chi connectivity index (χ4v) is 1.47. The first-order chi connectivity index (χ1) is 8.16. The first kappa shape index (κ1) is 11.0. The maximum Gasteiger partial charge on any atom is 0.277 e. The minimum absolute atomic E-state index is 0.0118. The highest BCUT2D eigenvalue weighted by atomic mass is 16.1. The van der Waals surface area contributed by atoms with E-state index < -0.39 is 0 Å². The van der Waals surface area contributed by atoms with Crippen molar-refractivity contribution >= 4 is 17.5 Å². The van der Waals surface area contributed by atoms with Crippen LogP contribution in [0.3, 0.4) is 0 Å². The molecule has 0 aliphatic rings. The molecule has 0 fully saturated rings. The molecule has 0 aliphatic carbocycles. The fourth-order valence-electron chi connectivity index (χ4n) is 1.47. The summed E-state index contributed by atoms with van der Waals surface area (Å²) in [5.41, 5.74) is 11.9. The van der Waals surface area contributed by atoms with E-state index in [1.165, 1.54) is 0 Å². The van der Waals surface area contributed by atoms with Crippen LogP contribution in [-0.4, -0.2) is 9.97 Å². The van der Waals surface area contributed by atoms with E-state index >= 15 is 0 Å². The molecule has 0 spiro atoms. The molecule has 1 heterocycles. The van der Waals surface area contributed by atoms with Crippen molar-refractivity contribution in [3.8, 4) is 0 Å². The molecule has 6 heteroatoms. The number of rotatable bonds is 3. The second-order valence-electron chi connectivity index (χ2n) is 3.55. The van der Waals surface area contributed by atoms with Gasteiger partial charge in [0.2, 0.25) is 5.95 Å². The summed E-state index contributed by atoms with van der Waals surface area (Å²) in [4.78, 5) is 17.7. The van der Waals surface area contributed by atoms with E-state index in [4.69, 9.17) is 11.5 Å². The van der Waals surface area contributed by atoms with Crippen LogP contribution >= 0.6 is 0 Å². The summed E-state index contributed by atoms with van der Waals surface area (Å²) in [6.45, 7) is 0.500. The molecule has 0 radical (unpaired) electrons. The first-order valence-electron chi connectivity index (χ1n) is 5.10. The lowest BCUT2D eigenvalue weighted by Gasteiger charge is -2.07. The van der Waals surface area contributed by atoms with Gasteiger partial charge in [-0.1, -0.05) is 30.3 Å². The Balaban J connectivity index is 2.18. The lowest BCUT2D eigenvalue weighted by molar-refractivity contribution is 1.09. The zero-order valence-corrected chi connectivity index (χ0v) is 9.10. The molecule has 0 unspecified atom stereocenters. The molecule has 6 N–H and O–H groups in total. The molecule has 0 aliphatic heterocycles. The van der Waals surface area contributed by atoms with Gasteiger partial charge in [-0.25, -0.2) is 0 Å². The van der Waals surface area contributed by atoms with Crippen molar-refractivity contribution in [2.75, 3.05) is 16.8 Å². The van der Waals surface area contributed by atoms with Crippen LogP contribution in [0.2, 0.25) is 0 Å². The van der Waals surface area contributed by atoms with Gasteiger partial charge in [0.25, 0.3) is 5.56 Å². The summed E-state index contributed by atoms with van der Waals surface area (Å²) < 4.78 is 0. The second kappa shape index (κ2) is 4.56. The third-order valence-corrected chi connectivity index (χ3v) is 2.28. The summed E-state index contributed by atoms with van der Waals surface area (Å²) in [7, 11) is 0. The van der Waals surface area contributed by atoms with Crippen LogP contribution in [0, 0.1) is 0 Å². The summed E-state index contributed by atoms with van der Waals surface area (Å²) in [6.07, 6.45) is 0. The lowest BCUT2D eigenvalue weighted by Crippen LogP contribution is -2.19. The zero-order valence-electron chi connectivity index (χ0n) is 9.10. The van der Waals surface area contributed by atoms with E-state index in [-0.39, 0.29) is 23.0 Å². The molecule has 17 heavy (non-hydrogen) atoms. The van der Waals surface area contributed by atoms with Crippen molar-refractivity contribution in [3.05, 3.63) is 46.2 Å². The van der Waals surface area contributed by atoms with Crippen molar-refractivity contribution in [1.82, 2.24) is 9.97 Å². The third-order valence-electron chi connectivity index (χ3n) is 2.28. The molecule has 2 aromatic rings. The number of hydrogen-bond donors (Lipinski definition) is 4. The topological polar surface area (TPSA) is 110 Å². The Kier molecular flexibility index (Phi) is 2.95. The maximum atomic E-state index is 11.6. The highest BCUT2D eigenvalue weighted by Gasteiger charge is 2.06. The van der Waals surface area contributed by atoms with Crippen LogP contribution in [0.25, 0.3) is 0 Å². The Morgan fingerprint density at radius 1 is 1.24 bits per heavy atom. The van der Waals surface area contributed by atoms with Crippen LogP contribution in [-0.2, 0) is 6.54 Å². The van der Waals surface area contributed by atoms with Crippen LogP contribution in [0.5, 0.6) is 0 Å². The number of H-pyrrole nitrogens is 1. The molecular formula is C11H13N5O. The number of anilines is 3. The Labute approximate surface area is 97.7 Å². The fraction of sp³-hybridized carbons (Fsp3) is 0.0909. The monoisotopic (exact) mass is 231 g/mol. The summed E-state index contributed by atoms with van der Waals surface area (Å²) in [6, 6.07) is 9.66. The number of nitrogens with two attached hydrogens (primary N) is 2. The van der Waals surface area contributed by atoms with Gasteiger partial charge in [-0.3, -0.25) is 9.78 Å². The van der Waals surface area contributed by atoms with Gasteiger partial charge in [0.05, 0.1) is 0 Å². The second-order valence-corrected chi connectivity index (χ2v) is 3.55. The molecule has 88 valence electrons. The van der Waals surface area contributed by atoms with Gasteiger partial charge in [0.1, 0.15) is 5.69 Å². The van der Waals surface area contributed by atoms with Gasteiger partial charge >= 0.3 is 0 Å². The Morgan fingerprint density at radius 2 is 1.94 bits per heavy atom. The number of nitrogens with one attached hydrogen (secondary N) is 2. The largest absolute Gasteiger partial charge is 0.382 e. The molecule has 2 rings (SSSR count). The van der Waals surface area contributed by atoms with E-state index in [1.54, 1.807) is 0 Å². The van der Waals surface area contributed by atoms with Crippen molar-refractivity contribution < 1.29 is 0 Å².